The Balaban J connectivity index is 3.78. The van der Waals surface area contributed by atoms with E-state index in [-0.39, 0.29) is 18.2 Å². The lowest BCUT2D eigenvalue weighted by Crippen LogP contribution is -2.50. The van der Waals surface area contributed by atoms with E-state index in [4.69, 9.17) is 9.84 Å². The monoisotopic (exact) mass is 175 g/mol. The molecule has 0 bridgehead atoms. The molecular formula is C9H21NO2. The minimum atomic E-state index is -0.293. The first-order valence-corrected chi connectivity index (χ1v) is 4.51. The van der Waals surface area contributed by atoms with Gasteiger partial charge in [0.25, 0.3) is 0 Å². The Labute approximate surface area is 75.1 Å². The largest absolute Gasteiger partial charge is 0.394 e. The molecule has 0 heterocycles. The molecule has 0 aliphatic carbocycles. The van der Waals surface area contributed by atoms with Gasteiger partial charge < -0.3 is 15.2 Å². The first-order valence-electron chi connectivity index (χ1n) is 4.51. The highest BCUT2D eigenvalue weighted by molar-refractivity contribution is 4.81. The summed E-state index contributed by atoms with van der Waals surface area (Å²) in [5, 5.41) is 12.3. The van der Waals surface area contributed by atoms with Crippen molar-refractivity contribution in [2.24, 2.45) is 0 Å². The van der Waals surface area contributed by atoms with Crippen LogP contribution in [0.25, 0.3) is 0 Å². The van der Waals surface area contributed by atoms with Crippen LogP contribution in [0.5, 0.6) is 0 Å². The Hall–Kier alpha value is -0.120. The fraction of sp³-hybridized carbons (Fsp3) is 1.00. The summed E-state index contributed by atoms with van der Waals surface area (Å²) in [5.74, 6) is 0. The molecule has 3 nitrogen and oxygen atoms in total. The van der Waals surface area contributed by atoms with Crippen molar-refractivity contribution in [3.63, 3.8) is 0 Å². The molecule has 0 spiro atoms. The second kappa shape index (κ2) is 5.51. The minimum Gasteiger partial charge on any atom is -0.394 e. The molecule has 12 heavy (non-hydrogen) atoms. The predicted molar refractivity (Wildman–Crippen MR) is 50.3 cm³/mol. The Morgan fingerprint density at radius 1 is 1.50 bits per heavy atom. The van der Waals surface area contributed by atoms with E-state index in [1.54, 1.807) is 0 Å². The van der Waals surface area contributed by atoms with Crippen LogP contribution in [0, 0.1) is 0 Å². The summed E-state index contributed by atoms with van der Waals surface area (Å²) in [6, 6.07) is 0. The topological polar surface area (TPSA) is 41.5 Å². The molecular weight excluding hydrogens is 154 g/mol. The van der Waals surface area contributed by atoms with E-state index >= 15 is 0 Å². The number of rotatable bonds is 6. The van der Waals surface area contributed by atoms with Crippen molar-refractivity contribution in [3.8, 4) is 0 Å². The first kappa shape index (κ1) is 11.9. The molecule has 0 saturated carbocycles. The number of hydrogen-bond acceptors (Lipinski definition) is 3. The third-order valence-electron chi connectivity index (χ3n) is 1.69. The molecule has 1 unspecified atom stereocenters. The van der Waals surface area contributed by atoms with Crippen molar-refractivity contribution in [3.05, 3.63) is 0 Å². The molecule has 0 rings (SSSR count). The Bertz CT molecular complexity index is 117. The molecule has 3 heteroatoms. The van der Waals surface area contributed by atoms with Crippen LogP contribution >= 0.6 is 0 Å². The van der Waals surface area contributed by atoms with Gasteiger partial charge in [-0.2, -0.15) is 0 Å². The number of nitrogens with one attached hydrogen (secondary N) is 1. The Morgan fingerprint density at radius 3 is 2.42 bits per heavy atom. The first-order chi connectivity index (χ1) is 5.54. The van der Waals surface area contributed by atoms with Crippen LogP contribution < -0.4 is 5.32 Å². The van der Waals surface area contributed by atoms with E-state index in [1.165, 1.54) is 0 Å². The third-order valence-corrected chi connectivity index (χ3v) is 1.69. The fourth-order valence-corrected chi connectivity index (χ4v) is 0.930. The summed E-state index contributed by atoms with van der Waals surface area (Å²) >= 11 is 0. The molecule has 0 aromatic heterocycles. The van der Waals surface area contributed by atoms with Gasteiger partial charge in [0, 0.05) is 0 Å². The van der Waals surface area contributed by atoms with Crippen LogP contribution in [-0.2, 0) is 4.74 Å². The number of aliphatic hydroxyl groups is 1. The summed E-state index contributed by atoms with van der Waals surface area (Å²) < 4.78 is 5.43. The SMILES string of the molecule is CCNC(C)(CO)COC(C)C. The highest BCUT2D eigenvalue weighted by Crippen LogP contribution is 2.04. The van der Waals surface area contributed by atoms with Crippen LogP contribution in [0.15, 0.2) is 0 Å². The van der Waals surface area contributed by atoms with Crippen molar-refractivity contribution in [2.75, 3.05) is 19.8 Å². The van der Waals surface area contributed by atoms with Crippen LogP contribution in [0.1, 0.15) is 27.7 Å². The maximum atomic E-state index is 9.09. The summed E-state index contributed by atoms with van der Waals surface area (Å²) in [5.41, 5.74) is -0.293. The van der Waals surface area contributed by atoms with E-state index in [9.17, 15) is 0 Å². The van der Waals surface area contributed by atoms with Gasteiger partial charge in [-0.15, -0.1) is 0 Å². The fourth-order valence-electron chi connectivity index (χ4n) is 0.930. The second-order valence-corrected chi connectivity index (χ2v) is 3.61. The summed E-state index contributed by atoms with van der Waals surface area (Å²) in [6.45, 7) is 9.46. The van der Waals surface area contributed by atoms with E-state index in [2.05, 4.69) is 5.32 Å². The smallest absolute Gasteiger partial charge is 0.0671 e. The quantitative estimate of drug-likeness (QED) is 0.626. The maximum absolute atomic E-state index is 9.09. The average molecular weight is 175 g/mol. The van der Waals surface area contributed by atoms with Crippen LogP contribution in [0.4, 0.5) is 0 Å². The number of likely N-dealkylation sites (N-methyl/N-ethyl adjacent to an activating group) is 1. The van der Waals surface area contributed by atoms with E-state index in [1.807, 2.05) is 27.7 Å². The van der Waals surface area contributed by atoms with Gasteiger partial charge in [0.05, 0.1) is 24.9 Å². The zero-order valence-corrected chi connectivity index (χ0v) is 8.55. The molecule has 0 amide bonds. The van der Waals surface area contributed by atoms with Crippen molar-refractivity contribution in [1.82, 2.24) is 5.32 Å². The molecule has 0 aliphatic rings. The lowest BCUT2D eigenvalue weighted by molar-refractivity contribution is 0.0128. The zero-order chi connectivity index (χ0) is 9.61. The molecule has 74 valence electrons. The van der Waals surface area contributed by atoms with Crippen molar-refractivity contribution >= 4 is 0 Å². The Morgan fingerprint density at radius 2 is 2.08 bits per heavy atom. The summed E-state index contributed by atoms with van der Waals surface area (Å²) in [6.07, 6.45) is 0.217. The predicted octanol–water partition coefficient (Wildman–Crippen LogP) is 0.772. The van der Waals surface area contributed by atoms with Gasteiger partial charge in [0.15, 0.2) is 0 Å². The molecule has 0 fully saturated rings. The van der Waals surface area contributed by atoms with E-state index in [0.29, 0.717) is 6.61 Å². The average Bonchev–Trinajstić information content (AvgIpc) is 2.02. The van der Waals surface area contributed by atoms with Crippen LogP contribution in [0.3, 0.4) is 0 Å². The minimum absolute atomic E-state index is 0.105. The van der Waals surface area contributed by atoms with E-state index < -0.39 is 0 Å². The normalized spacial score (nSPS) is 16.5. The van der Waals surface area contributed by atoms with Gasteiger partial charge >= 0.3 is 0 Å². The van der Waals surface area contributed by atoms with Crippen molar-refractivity contribution < 1.29 is 9.84 Å². The van der Waals surface area contributed by atoms with Gasteiger partial charge in [-0.3, -0.25) is 0 Å². The molecule has 0 aromatic carbocycles. The standard InChI is InChI=1S/C9H21NO2/c1-5-10-9(4,6-11)7-12-8(2)3/h8,10-11H,5-7H2,1-4H3. The summed E-state index contributed by atoms with van der Waals surface area (Å²) in [4.78, 5) is 0. The van der Waals surface area contributed by atoms with Crippen molar-refractivity contribution in [1.29, 1.82) is 0 Å². The highest BCUT2D eigenvalue weighted by atomic mass is 16.5. The van der Waals surface area contributed by atoms with Gasteiger partial charge in [-0.1, -0.05) is 6.92 Å². The lowest BCUT2D eigenvalue weighted by atomic mass is 10.1. The van der Waals surface area contributed by atoms with Gasteiger partial charge in [0.2, 0.25) is 0 Å². The van der Waals surface area contributed by atoms with Gasteiger partial charge in [-0.05, 0) is 27.3 Å². The lowest BCUT2D eigenvalue weighted by Gasteiger charge is -2.28. The molecule has 0 aromatic rings. The molecule has 0 radical (unpaired) electrons. The van der Waals surface area contributed by atoms with Gasteiger partial charge in [0.1, 0.15) is 0 Å². The van der Waals surface area contributed by atoms with Crippen LogP contribution in [-0.4, -0.2) is 36.5 Å². The third kappa shape index (κ3) is 4.70. The molecule has 1 atom stereocenters. The zero-order valence-electron chi connectivity index (χ0n) is 8.55. The number of aliphatic hydroxyl groups excluding tert-OH is 1. The molecule has 2 N–H and O–H groups in total. The number of hydrogen-bond donors (Lipinski definition) is 2. The van der Waals surface area contributed by atoms with Gasteiger partial charge in [-0.25, -0.2) is 0 Å². The summed E-state index contributed by atoms with van der Waals surface area (Å²) in [7, 11) is 0. The second-order valence-electron chi connectivity index (χ2n) is 3.61. The Kier molecular flexibility index (Phi) is 5.46. The maximum Gasteiger partial charge on any atom is 0.0671 e. The molecule has 0 saturated heterocycles. The molecule has 0 aliphatic heterocycles. The van der Waals surface area contributed by atoms with E-state index in [0.717, 1.165) is 6.54 Å². The number of ether oxygens (including phenoxy) is 1. The highest BCUT2D eigenvalue weighted by Gasteiger charge is 2.22. The van der Waals surface area contributed by atoms with Crippen molar-refractivity contribution in [2.45, 2.75) is 39.3 Å². The van der Waals surface area contributed by atoms with Crippen LogP contribution in [0.2, 0.25) is 0 Å².